The number of hydrogen-bond acceptors (Lipinski definition) is 1. The van der Waals surface area contributed by atoms with E-state index in [4.69, 9.17) is 0 Å². The molecule has 0 bridgehead atoms. The molecule has 3 aromatic carbocycles. The first-order valence-corrected chi connectivity index (χ1v) is 8.46. The molecule has 4 rings (SSSR count). The summed E-state index contributed by atoms with van der Waals surface area (Å²) in [6.07, 6.45) is 2.14. The number of anilines is 1. The largest absolute Gasteiger partial charge is 0.304 e. The lowest BCUT2D eigenvalue weighted by Crippen LogP contribution is -2.31. The highest BCUT2D eigenvalue weighted by atomic mass is 16.2. The summed E-state index contributed by atoms with van der Waals surface area (Å²) in [5.41, 5.74) is 6.11. The van der Waals surface area contributed by atoms with Gasteiger partial charge in [-0.05, 0) is 47.9 Å². The van der Waals surface area contributed by atoms with E-state index in [0.717, 1.165) is 28.0 Å². The summed E-state index contributed by atoms with van der Waals surface area (Å²) in [7, 11) is 0. The highest BCUT2D eigenvalue weighted by molar-refractivity contribution is 6.12. The molecule has 3 aromatic rings. The molecule has 0 aliphatic carbocycles. The van der Waals surface area contributed by atoms with Crippen LogP contribution >= 0.6 is 0 Å². The molecule has 0 unspecified atom stereocenters. The number of fused-ring (bicyclic) bond motifs is 1. The van der Waals surface area contributed by atoms with Gasteiger partial charge in [0.15, 0.2) is 0 Å². The predicted octanol–water partition coefficient (Wildman–Crippen LogP) is 5.20. The van der Waals surface area contributed by atoms with Gasteiger partial charge in [-0.1, -0.05) is 66.2 Å². The van der Waals surface area contributed by atoms with E-state index < -0.39 is 0 Å². The lowest BCUT2D eigenvalue weighted by molar-refractivity contribution is 0.0990. The molecule has 25 heavy (non-hydrogen) atoms. The quantitative estimate of drug-likeness (QED) is 0.634. The molecule has 122 valence electrons. The van der Waals surface area contributed by atoms with Gasteiger partial charge in [0.25, 0.3) is 5.91 Å². The Morgan fingerprint density at radius 3 is 2.24 bits per heavy atom. The second-order valence-corrected chi connectivity index (χ2v) is 6.35. The van der Waals surface area contributed by atoms with Gasteiger partial charge in [-0.25, -0.2) is 0 Å². The predicted molar refractivity (Wildman–Crippen MR) is 104 cm³/mol. The maximum absolute atomic E-state index is 13.2. The fourth-order valence-electron chi connectivity index (χ4n) is 3.20. The van der Waals surface area contributed by atoms with E-state index in [1.54, 1.807) is 0 Å². The molecule has 0 radical (unpaired) electrons. The minimum absolute atomic E-state index is 0.0432. The van der Waals surface area contributed by atoms with Gasteiger partial charge in [-0.2, -0.15) is 0 Å². The number of hydrogen-bond donors (Lipinski definition) is 0. The molecule has 0 atom stereocenters. The van der Waals surface area contributed by atoms with E-state index in [-0.39, 0.29) is 5.91 Å². The van der Waals surface area contributed by atoms with Crippen LogP contribution in [0.2, 0.25) is 0 Å². The second-order valence-electron chi connectivity index (χ2n) is 6.35. The molecule has 2 nitrogen and oxygen atoms in total. The fourth-order valence-corrected chi connectivity index (χ4v) is 3.20. The van der Waals surface area contributed by atoms with Crippen molar-refractivity contribution in [3.05, 3.63) is 101 Å². The first kappa shape index (κ1) is 15.4. The molecule has 0 N–H and O–H groups in total. The number of benzene rings is 3. The van der Waals surface area contributed by atoms with Crippen molar-refractivity contribution < 1.29 is 4.79 Å². The lowest BCUT2D eigenvalue weighted by atomic mass is 10.0. The highest BCUT2D eigenvalue weighted by Gasteiger charge is 2.24. The first-order chi connectivity index (χ1) is 12.2. The van der Waals surface area contributed by atoms with Crippen LogP contribution in [0.3, 0.4) is 0 Å². The molecule has 0 saturated carbocycles. The van der Waals surface area contributed by atoms with Gasteiger partial charge in [0.2, 0.25) is 0 Å². The molecular weight excluding hydrogens is 306 g/mol. The molecular formula is C23H19NO. The van der Waals surface area contributed by atoms with Crippen molar-refractivity contribution in [1.82, 2.24) is 0 Å². The Morgan fingerprint density at radius 1 is 0.800 bits per heavy atom. The van der Waals surface area contributed by atoms with Crippen molar-refractivity contribution in [1.29, 1.82) is 0 Å². The molecule has 0 fully saturated rings. The van der Waals surface area contributed by atoms with Crippen LogP contribution < -0.4 is 4.90 Å². The number of carbonyl (C=O) groups is 1. The Kier molecular flexibility index (Phi) is 3.95. The molecule has 1 aliphatic heterocycles. The van der Waals surface area contributed by atoms with E-state index in [2.05, 4.69) is 25.1 Å². The van der Waals surface area contributed by atoms with Crippen LogP contribution in [0.15, 0.2) is 78.9 Å². The SMILES string of the molecule is Cc1ccc(N2CC(c3ccccc3)=Cc3ccccc3C2=O)cc1. The van der Waals surface area contributed by atoms with E-state index in [1.165, 1.54) is 5.56 Å². The van der Waals surface area contributed by atoms with Crippen LogP contribution in [-0.4, -0.2) is 12.5 Å². The molecule has 1 amide bonds. The van der Waals surface area contributed by atoms with E-state index >= 15 is 0 Å². The Morgan fingerprint density at radius 2 is 1.48 bits per heavy atom. The summed E-state index contributed by atoms with van der Waals surface area (Å²) < 4.78 is 0. The van der Waals surface area contributed by atoms with Crippen molar-refractivity contribution >= 4 is 23.2 Å². The Balaban J connectivity index is 1.86. The Hall–Kier alpha value is -3.13. The third kappa shape index (κ3) is 2.99. The summed E-state index contributed by atoms with van der Waals surface area (Å²) in [6.45, 7) is 2.61. The molecule has 0 saturated heterocycles. The molecule has 1 heterocycles. The van der Waals surface area contributed by atoms with Gasteiger partial charge in [0, 0.05) is 11.3 Å². The van der Waals surface area contributed by atoms with Crippen LogP contribution in [0.5, 0.6) is 0 Å². The summed E-state index contributed by atoms with van der Waals surface area (Å²) in [6, 6.07) is 26.2. The second kappa shape index (κ2) is 6.40. The Labute approximate surface area is 148 Å². The van der Waals surface area contributed by atoms with Gasteiger partial charge in [-0.15, -0.1) is 0 Å². The van der Waals surface area contributed by atoms with Crippen molar-refractivity contribution in [2.75, 3.05) is 11.4 Å². The van der Waals surface area contributed by atoms with Crippen LogP contribution in [0, 0.1) is 6.92 Å². The third-order valence-corrected chi connectivity index (χ3v) is 4.58. The van der Waals surface area contributed by atoms with Crippen LogP contribution in [0.25, 0.3) is 11.6 Å². The van der Waals surface area contributed by atoms with Crippen molar-refractivity contribution in [3.8, 4) is 0 Å². The van der Waals surface area contributed by atoms with Gasteiger partial charge < -0.3 is 4.90 Å². The lowest BCUT2D eigenvalue weighted by Gasteiger charge is -2.23. The topological polar surface area (TPSA) is 20.3 Å². The number of aryl methyl sites for hydroxylation is 1. The molecule has 2 heteroatoms. The van der Waals surface area contributed by atoms with Gasteiger partial charge >= 0.3 is 0 Å². The normalized spacial score (nSPS) is 13.9. The van der Waals surface area contributed by atoms with Crippen molar-refractivity contribution in [2.45, 2.75) is 6.92 Å². The standard InChI is InChI=1S/C23H19NO/c1-17-11-13-21(14-12-17)24-16-20(18-7-3-2-4-8-18)15-19-9-5-6-10-22(19)23(24)25/h2-15H,16H2,1H3. The minimum atomic E-state index is 0.0432. The third-order valence-electron chi connectivity index (χ3n) is 4.58. The fraction of sp³-hybridized carbons (Fsp3) is 0.0870. The number of carbonyl (C=O) groups excluding carboxylic acids is 1. The van der Waals surface area contributed by atoms with Crippen LogP contribution in [-0.2, 0) is 0 Å². The smallest absolute Gasteiger partial charge is 0.259 e. The maximum atomic E-state index is 13.2. The van der Waals surface area contributed by atoms with E-state index in [9.17, 15) is 4.79 Å². The average Bonchev–Trinajstić information content (AvgIpc) is 2.80. The minimum Gasteiger partial charge on any atom is -0.304 e. The highest BCUT2D eigenvalue weighted by Crippen LogP contribution is 2.29. The van der Waals surface area contributed by atoms with E-state index in [0.29, 0.717) is 6.54 Å². The van der Waals surface area contributed by atoms with E-state index in [1.807, 2.05) is 71.6 Å². The molecule has 0 aromatic heterocycles. The summed E-state index contributed by atoms with van der Waals surface area (Å²) in [4.78, 5) is 15.1. The van der Waals surface area contributed by atoms with Crippen LogP contribution in [0.1, 0.15) is 27.0 Å². The van der Waals surface area contributed by atoms with Gasteiger partial charge in [0.1, 0.15) is 0 Å². The summed E-state index contributed by atoms with van der Waals surface area (Å²) >= 11 is 0. The zero-order valence-electron chi connectivity index (χ0n) is 14.1. The molecule has 1 aliphatic rings. The first-order valence-electron chi connectivity index (χ1n) is 8.46. The van der Waals surface area contributed by atoms with Crippen molar-refractivity contribution in [3.63, 3.8) is 0 Å². The maximum Gasteiger partial charge on any atom is 0.259 e. The summed E-state index contributed by atoms with van der Waals surface area (Å²) in [5.74, 6) is 0.0432. The number of amides is 1. The van der Waals surface area contributed by atoms with Gasteiger partial charge in [0.05, 0.1) is 6.54 Å². The number of nitrogens with zero attached hydrogens (tertiary/aromatic N) is 1. The average molecular weight is 325 g/mol. The van der Waals surface area contributed by atoms with Gasteiger partial charge in [-0.3, -0.25) is 4.79 Å². The number of rotatable bonds is 2. The van der Waals surface area contributed by atoms with Crippen LogP contribution in [0.4, 0.5) is 5.69 Å². The summed E-state index contributed by atoms with van der Waals surface area (Å²) in [5, 5.41) is 0. The zero-order valence-corrected chi connectivity index (χ0v) is 14.1. The zero-order chi connectivity index (χ0) is 17.2. The Bertz CT molecular complexity index is 939. The molecule has 0 spiro atoms. The van der Waals surface area contributed by atoms with Crippen molar-refractivity contribution in [2.24, 2.45) is 0 Å². The monoisotopic (exact) mass is 325 g/mol.